The van der Waals surface area contributed by atoms with Gasteiger partial charge in [-0.2, -0.15) is 10.5 Å². The molecule has 8 heteroatoms. The van der Waals surface area contributed by atoms with Crippen LogP contribution in [-0.4, -0.2) is 34.2 Å². The summed E-state index contributed by atoms with van der Waals surface area (Å²) < 4.78 is 0. The Hall–Kier alpha value is -4.95. The first-order chi connectivity index (χ1) is 15.9. The summed E-state index contributed by atoms with van der Waals surface area (Å²) in [4.78, 5) is 31.4. The summed E-state index contributed by atoms with van der Waals surface area (Å²) in [7, 11) is 0. The maximum absolute atomic E-state index is 10.5. The molecule has 3 aromatic rings. The number of nitrogens with zero attached hydrogens (tertiary/aromatic N) is 2. The standard InChI is InChI=1S/C16H12N2.C9H6O6/c17-11-9-13-1-5-15(6-2-13)16-7-3-14(4-8-16)10-12-18;10-1-4-7(13)5(2-11)9(15)6(3-12)8(4)14/h1-8H,9-10H2;1-3,13-15H. The maximum atomic E-state index is 10.5. The van der Waals surface area contributed by atoms with E-state index >= 15 is 0 Å². The van der Waals surface area contributed by atoms with E-state index in [4.69, 9.17) is 10.5 Å². The number of carbonyl (C=O) groups excluding carboxylic acids is 3. The van der Waals surface area contributed by atoms with Crippen LogP contribution in [0.2, 0.25) is 0 Å². The molecule has 0 fully saturated rings. The molecule has 0 saturated heterocycles. The Morgan fingerprint density at radius 3 is 1.06 bits per heavy atom. The van der Waals surface area contributed by atoms with Crippen molar-refractivity contribution in [1.29, 1.82) is 10.5 Å². The van der Waals surface area contributed by atoms with Gasteiger partial charge >= 0.3 is 0 Å². The molecule has 0 aromatic heterocycles. The fourth-order valence-electron chi connectivity index (χ4n) is 2.92. The zero-order valence-corrected chi connectivity index (χ0v) is 17.2. The summed E-state index contributed by atoms with van der Waals surface area (Å²) in [6, 6.07) is 20.2. The Morgan fingerprint density at radius 1 is 0.576 bits per heavy atom. The molecule has 3 N–H and O–H groups in total. The third-order valence-corrected chi connectivity index (χ3v) is 4.69. The van der Waals surface area contributed by atoms with Crippen molar-refractivity contribution in [3.05, 3.63) is 76.3 Å². The van der Waals surface area contributed by atoms with Gasteiger partial charge in [0.1, 0.15) is 17.2 Å². The Labute approximate surface area is 189 Å². The van der Waals surface area contributed by atoms with E-state index in [9.17, 15) is 29.7 Å². The highest BCUT2D eigenvalue weighted by Crippen LogP contribution is 2.38. The molecule has 0 atom stereocenters. The summed E-state index contributed by atoms with van der Waals surface area (Å²) in [5.74, 6) is -2.58. The number of hydrogen-bond acceptors (Lipinski definition) is 8. The molecule has 3 rings (SSSR count). The van der Waals surface area contributed by atoms with Crippen molar-refractivity contribution >= 4 is 18.9 Å². The molecule has 3 aromatic carbocycles. The molecule has 0 bridgehead atoms. The molecular formula is C25H18N2O6. The van der Waals surface area contributed by atoms with Gasteiger partial charge in [0.2, 0.25) is 0 Å². The average molecular weight is 442 g/mol. The van der Waals surface area contributed by atoms with Crippen molar-refractivity contribution in [2.75, 3.05) is 0 Å². The molecule has 0 aliphatic heterocycles. The SMILES string of the molecule is N#CCc1ccc(-c2ccc(CC#N)cc2)cc1.O=Cc1c(O)c(C=O)c(O)c(C=O)c1O. The Bertz CT molecular complexity index is 1110. The van der Waals surface area contributed by atoms with Gasteiger partial charge in [-0.25, -0.2) is 0 Å². The van der Waals surface area contributed by atoms with Gasteiger partial charge in [-0.1, -0.05) is 48.5 Å². The van der Waals surface area contributed by atoms with Gasteiger partial charge in [0.05, 0.1) is 41.7 Å². The minimum Gasteiger partial charge on any atom is -0.506 e. The zero-order valence-electron chi connectivity index (χ0n) is 17.2. The highest BCUT2D eigenvalue weighted by Gasteiger charge is 2.22. The summed E-state index contributed by atoms with van der Waals surface area (Å²) >= 11 is 0. The van der Waals surface area contributed by atoms with Crippen LogP contribution in [0.4, 0.5) is 0 Å². The minimum absolute atomic E-state index is 0.0735. The maximum Gasteiger partial charge on any atom is 0.157 e. The van der Waals surface area contributed by atoms with Crippen molar-refractivity contribution in [3.8, 4) is 40.5 Å². The lowest BCUT2D eigenvalue weighted by molar-refractivity contribution is 0.111. The number of phenolic OH excluding ortho intramolecular Hbond substituents is 3. The molecule has 0 unspecified atom stereocenters. The average Bonchev–Trinajstić information content (AvgIpc) is 2.82. The second kappa shape index (κ2) is 11.4. The number of carbonyl (C=O) groups is 3. The Morgan fingerprint density at radius 2 is 0.848 bits per heavy atom. The first-order valence-corrected chi connectivity index (χ1v) is 9.50. The fourth-order valence-corrected chi connectivity index (χ4v) is 2.92. The molecular weight excluding hydrogens is 424 g/mol. The largest absolute Gasteiger partial charge is 0.506 e. The van der Waals surface area contributed by atoms with Gasteiger partial charge in [0.25, 0.3) is 0 Å². The number of aromatic hydroxyl groups is 3. The number of phenols is 3. The van der Waals surface area contributed by atoms with E-state index in [2.05, 4.69) is 12.1 Å². The highest BCUT2D eigenvalue weighted by atomic mass is 16.3. The summed E-state index contributed by atoms with van der Waals surface area (Å²) in [6.45, 7) is 0. The van der Waals surface area contributed by atoms with Crippen LogP contribution in [0.1, 0.15) is 42.2 Å². The van der Waals surface area contributed by atoms with Gasteiger partial charge in [-0.3, -0.25) is 14.4 Å². The Balaban J connectivity index is 0.000000238. The molecule has 8 nitrogen and oxygen atoms in total. The molecule has 0 heterocycles. The third-order valence-electron chi connectivity index (χ3n) is 4.69. The van der Waals surface area contributed by atoms with Gasteiger partial charge < -0.3 is 15.3 Å². The van der Waals surface area contributed by atoms with Crippen LogP contribution in [0.5, 0.6) is 17.2 Å². The topological polar surface area (TPSA) is 159 Å². The molecule has 33 heavy (non-hydrogen) atoms. The third kappa shape index (κ3) is 5.60. The van der Waals surface area contributed by atoms with Crippen molar-refractivity contribution in [2.45, 2.75) is 12.8 Å². The summed E-state index contributed by atoms with van der Waals surface area (Å²) in [5.41, 5.74) is 2.47. The molecule has 0 spiro atoms. The van der Waals surface area contributed by atoms with Crippen LogP contribution in [0.3, 0.4) is 0 Å². The van der Waals surface area contributed by atoms with E-state index in [1.54, 1.807) is 0 Å². The molecule has 164 valence electrons. The fraction of sp³-hybridized carbons (Fsp3) is 0.0800. The van der Waals surface area contributed by atoms with E-state index in [1.165, 1.54) is 0 Å². The monoisotopic (exact) mass is 442 g/mol. The Kier molecular flexibility index (Phi) is 8.43. The van der Waals surface area contributed by atoms with Crippen LogP contribution in [-0.2, 0) is 12.8 Å². The zero-order chi connectivity index (χ0) is 24.4. The molecule has 0 amide bonds. The normalized spacial score (nSPS) is 9.52. The number of aldehydes is 3. The van der Waals surface area contributed by atoms with Crippen LogP contribution < -0.4 is 0 Å². The number of benzene rings is 3. The van der Waals surface area contributed by atoms with Crippen LogP contribution >= 0.6 is 0 Å². The smallest absolute Gasteiger partial charge is 0.157 e. The van der Waals surface area contributed by atoms with Crippen LogP contribution in [0, 0.1) is 22.7 Å². The lowest BCUT2D eigenvalue weighted by atomic mass is 10.0. The summed E-state index contributed by atoms with van der Waals surface area (Å²) in [5, 5.41) is 45.0. The van der Waals surface area contributed by atoms with Gasteiger partial charge in [-0.05, 0) is 22.3 Å². The van der Waals surface area contributed by atoms with Crippen molar-refractivity contribution < 1.29 is 29.7 Å². The van der Waals surface area contributed by atoms with Crippen LogP contribution in [0.15, 0.2) is 48.5 Å². The van der Waals surface area contributed by atoms with E-state index in [0.29, 0.717) is 12.8 Å². The van der Waals surface area contributed by atoms with Crippen LogP contribution in [0.25, 0.3) is 11.1 Å². The first-order valence-electron chi connectivity index (χ1n) is 9.50. The lowest BCUT2D eigenvalue weighted by Crippen LogP contribution is -1.96. The molecule has 0 saturated carbocycles. The number of rotatable bonds is 6. The predicted octanol–water partition coefficient (Wildman–Crippen LogP) is 3.73. The van der Waals surface area contributed by atoms with E-state index in [0.717, 1.165) is 22.3 Å². The van der Waals surface area contributed by atoms with Gasteiger partial charge in [0, 0.05) is 0 Å². The molecule has 0 radical (unpaired) electrons. The molecule has 0 aliphatic rings. The van der Waals surface area contributed by atoms with E-state index in [-0.39, 0.29) is 18.9 Å². The van der Waals surface area contributed by atoms with Gasteiger partial charge in [0.15, 0.2) is 18.9 Å². The first kappa shape index (κ1) is 24.3. The predicted molar refractivity (Wildman–Crippen MR) is 118 cm³/mol. The van der Waals surface area contributed by atoms with E-state index in [1.807, 2.05) is 48.5 Å². The molecule has 0 aliphatic carbocycles. The van der Waals surface area contributed by atoms with Crippen molar-refractivity contribution in [2.24, 2.45) is 0 Å². The highest BCUT2D eigenvalue weighted by molar-refractivity contribution is 6.00. The van der Waals surface area contributed by atoms with Gasteiger partial charge in [-0.15, -0.1) is 0 Å². The summed E-state index contributed by atoms with van der Waals surface area (Å²) in [6.07, 6.45) is 1.11. The number of hydrogen-bond donors (Lipinski definition) is 3. The minimum atomic E-state index is -0.861. The second-order valence-corrected chi connectivity index (χ2v) is 6.70. The quantitative estimate of drug-likeness (QED) is 0.487. The second-order valence-electron chi connectivity index (χ2n) is 6.70. The lowest BCUT2D eigenvalue weighted by Gasteiger charge is -2.08. The van der Waals surface area contributed by atoms with Crippen molar-refractivity contribution in [3.63, 3.8) is 0 Å². The van der Waals surface area contributed by atoms with E-state index < -0.39 is 33.9 Å². The van der Waals surface area contributed by atoms with Crippen molar-refractivity contribution in [1.82, 2.24) is 0 Å². The number of nitriles is 2.